The van der Waals surface area contributed by atoms with E-state index in [0.29, 0.717) is 21.8 Å². The second kappa shape index (κ2) is 6.19. The van der Waals surface area contributed by atoms with Crippen LogP contribution in [-0.4, -0.2) is 45.2 Å². The number of nitrogens with zero attached hydrogens (tertiary/aromatic N) is 2. The zero-order valence-electron chi connectivity index (χ0n) is 14.4. The number of hydrogen-bond donors (Lipinski definition) is 1. The Kier molecular flexibility index (Phi) is 3.95. The summed E-state index contributed by atoms with van der Waals surface area (Å²) in [5.74, 6) is -1.92. The highest BCUT2D eigenvalue weighted by Gasteiger charge is 2.46. The van der Waals surface area contributed by atoms with Crippen LogP contribution in [0, 0.1) is 0 Å². The maximum atomic E-state index is 14.3. The molecule has 27 heavy (non-hydrogen) atoms. The Balaban J connectivity index is 1.78. The summed E-state index contributed by atoms with van der Waals surface area (Å²) in [5, 5.41) is 10.0. The van der Waals surface area contributed by atoms with Crippen molar-refractivity contribution in [3.8, 4) is 0 Å². The van der Waals surface area contributed by atoms with Gasteiger partial charge in [0.1, 0.15) is 6.54 Å². The molecule has 1 aromatic heterocycles. The number of carbonyl (C=O) groups excluding carboxylic acids is 1. The molecule has 0 spiro atoms. The number of alkyl halides is 1. The third-order valence-corrected chi connectivity index (χ3v) is 5.13. The van der Waals surface area contributed by atoms with Crippen molar-refractivity contribution in [1.82, 2.24) is 9.47 Å². The number of benzene rings is 2. The van der Waals surface area contributed by atoms with Gasteiger partial charge in [0.05, 0.1) is 17.6 Å². The van der Waals surface area contributed by atoms with Gasteiger partial charge in [-0.05, 0) is 24.3 Å². The largest absolute Gasteiger partial charge is 0.479 e. The van der Waals surface area contributed by atoms with E-state index in [-0.39, 0.29) is 30.8 Å². The number of carboxylic acid groups (broad SMARTS) is 1. The SMILES string of the molecule is O=C(Cn1c2ccccc2c(=O)c2ccccc21)N1CCC(F)(C(=O)O)C1. The fourth-order valence-corrected chi connectivity index (χ4v) is 3.64. The average molecular weight is 368 g/mol. The molecule has 1 aliphatic rings. The first-order valence-electron chi connectivity index (χ1n) is 8.61. The third-order valence-electron chi connectivity index (χ3n) is 5.13. The predicted molar refractivity (Wildman–Crippen MR) is 98.4 cm³/mol. The van der Waals surface area contributed by atoms with Gasteiger partial charge in [0.15, 0.2) is 5.43 Å². The van der Waals surface area contributed by atoms with Crippen LogP contribution >= 0.6 is 0 Å². The predicted octanol–water partition coefficient (Wildman–Crippen LogP) is 2.18. The molecule has 1 N–H and O–H groups in total. The molecule has 2 heterocycles. The van der Waals surface area contributed by atoms with Crippen molar-refractivity contribution in [2.75, 3.05) is 13.1 Å². The van der Waals surface area contributed by atoms with Gasteiger partial charge in [0.25, 0.3) is 0 Å². The number of halogens is 1. The van der Waals surface area contributed by atoms with Crippen molar-refractivity contribution in [2.24, 2.45) is 0 Å². The van der Waals surface area contributed by atoms with E-state index < -0.39 is 18.2 Å². The molecule has 4 rings (SSSR count). The Morgan fingerprint density at radius 2 is 1.59 bits per heavy atom. The number of fused-ring (bicyclic) bond motifs is 2. The van der Waals surface area contributed by atoms with Gasteiger partial charge in [-0.3, -0.25) is 9.59 Å². The molecule has 6 nitrogen and oxygen atoms in total. The summed E-state index contributed by atoms with van der Waals surface area (Å²) >= 11 is 0. The third kappa shape index (κ3) is 2.75. The fraction of sp³-hybridized carbons (Fsp3) is 0.250. The molecule has 0 radical (unpaired) electrons. The molecular formula is C20H17FN2O4. The molecular weight excluding hydrogens is 351 g/mol. The van der Waals surface area contributed by atoms with Crippen LogP contribution in [0.2, 0.25) is 0 Å². The van der Waals surface area contributed by atoms with E-state index in [9.17, 15) is 18.8 Å². The summed E-state index contributed by atoms with van der Waals surface area (Å²) in [4.78, 5) is 37.8. The lowest BCUT2D eigenvalue weighted by atomic mass is 10.1. The van der Waals surface area contributed by atoms with Crippen molar-refractivity contribution in [3.63, 3.8) is 0 Å². The number of rotatable bonds is 3. The van der Waals surface area contributed by atoms with E-state index in [0.717, 1.165) is 0 Å². The molecule has 1 aliphatic heterocycles. The van der Waals surface area contributed by atoms with Crippen LogP contribution in [0.4, 0.5) is 4.39 Å². The number of aromatic nitrogens is 1. The Labute approximate surface area is 153 Å². The first-order valence-corrected chi connectivity index (χ1v) is 8.61. The molecule has 0 aliphatic carbocycles. The van der Waals surface area contributed by atoms with E-state index in [1.54, 1.807) is 53.1 Å². The summed E-state index contributed by atoms with van der Waals surface area (Å²) in [7, 11) is 0. The van der Waals surface area contributed by atoms with Crippen LogP contribution in [0.5, 0.6) is 0 Å². The van der Waals surface area contributed by atoms with E-state index >= 15 is 0 Å². The van der Waals surface area contributed by atoms with Crippen LogP contribution in [-0.2, 0) is 16.1 Å². The van der Waals surface area contributed by atoms with E-state index in [4.69, 9.17) is 5.11 Å². The first-order chi connectivity index (χ1) is 12.9. The zero-order chi connectivity index (χ0) is 19.2. The fourth-order valence-electron chi connectivity index (χ4n) is 3.64. The van der Waals surface area contributed by atoms with Crippen molar-refractivity contribution in [1.29, 1.82) is 0 Å². The number of likely N-dealkylation sites (tertiary alicyclic amines) is 1. The second-order valence-electron chi connectivity index (χ2n) is 6.79. The maximum absolute atomic E-state index is 14.3. The molecule has 1 atom stereocenters. The molecule has 0 saturated carbocycles. The van der Waals surface area contributed by atoms with Crippen LogP contribution in [0.1, 0.15) is 6.42 Å². The minimum absolute atomic E-state index is 0.0533. The van der Waals surface area contributed by atoms with Crippen LogP contribution < -0.4 is 5.43 Å². The number of para-hydroxylation sites is 2. The Morgan fingerprint density at radius 1 is 1.04 bits per heavy atom. The van der Waals surface area contributed by atoms with Crippen LogP contribution in [0.25, 0.3) is 21.8 Å². The van der Waals surface area contributed by atoms with Crippen LogP contribution in [0.15, 0.2) is 53.3 Å². The molecule has 0 bridgehead atoms. The van der Waals surface area contributed by atoms with E-state index in [1.165, 1.54) is 4.90 Å². The minimum Gasteiger partial charge on any atom is -0.479 e. The zero-order valence-corrected chi connectivity index (χ0v) is 14.4. The van der Waals surface area contributed by atoms with Crippen molar-refractivity contribution in [3.05, 3.63) is 58.8 Å². The topological polar surface area (TPSA) is 79.6 Å². The molecule has 1 unspecified atom stereocenters. The number of aliphatic carboxylic acids is 1. The number of carbonyl (C=O) groups is 2. The highest BCUT2D eigenvalue weighted by Crippen LogP contribution is 2.27. The lowest BCUT2D eigenvalue weighted by Gasteiger charge is -2.20. The standard InChI is InChI=1S/C20H17FN2O4/c21-20(19(26)27)9-10-22(12-20)17(24)11-23-15-7-3-1-5-13(15)18(25)14-6-2-4-8-16(14)23/h1-8H,9-12H2,(H,26,27). The number of pyridine rings is 1. The Bertz CT molecular complexity index is 1080. The first kappa shape index (κ1) is 17.2. The number of hydrogen-bond acceptors (Lipinski definition) is 3. The number of amides is 1. The summed E-state index contributed by atoms with van der Waals surface area (Å²) in [5.41, 5.74) is -1.29. The minimum atomic E-state index is -2.40. The van der Waals surface area contributed by atoms with Crippen molar-refractivity contribution >= 4 is 33.7 Å². The van der Waals surface area contributed by atoms with Crippen molar-refractivity contribution in [2.45, 2.75) is 18.6 Å². The highest BCUT2D eigenvalue weighted by atomic mass is 19.1. The smallest absolute Gasteiger partial charge is 0.343 e. The Hall–Kier alpha value is -3.22. The normalized spacial score (nSPS) is 19.7. The van der Waals surface area contributed by atoms with Crippen molar-refractivity contribution < 1.29 is 19.1 Å². The average Bonchev–Trinajstić information content (AvgIpc) is 3.09. The molecule has 1 fully saturated rings. The summed E-state index contributed by atoms with van der Waals surface area (Å²) < 4.78 is 16.0. The van der Waals surface area contributed by atoms with Gasteiger partial charge in [0.2, 0.25) is 11.6 Å². The second-order valence-corrected chi connectivity index (χ2v) is 6.79. The van der Waals surface area contributed by atoms with Gasteiger partial charge in [-0.2, -0.15) is 0 Å². The van der Waals surface area contributed by atoms with Gasteiger partial charge in [-0.25, -0.2) is 9.18 Å². The quantitative estimate of drug-likeness (QED) is 0.719. The molecule has 2 aromatic carbocycles. The Morgan fingerprint density at radius 3 is 2.11 bits per heavy atom. The summed E-state index contributed by atoms with van der Waals surface area (Å²) in [6.45, 7) is -0.508. The molecule has 7 heteroatoms. The van der Waals surface area contributed by atoms with Gasteiger partial charge < -0.3 is 14.6 Å². The molecule has 3 aromatic rings. The summed E-state index contributed by atoms with van der Waals surface area (Å²) in [6, 6.07) is 14.0. The van der Waals surface area contributed by atoms with Gasteiger partial charge >= 0.3 is 5.97 Å². The lowest BCUT2D eigenvalue weighted by molar-refractivity contribution is -0.150. The number of carboxylic acids is 1. The maximum Gasteiger partial charge on any atom is 0.343 e. The van der Waals surface area contributed by atoms with E-state index in [1.807, 2.05) is 0 Å². The van der Waals surface area contributed by atoms with Crippen LogP contribution in [0.3, 0.4) is 0 Å². The molecule has 1 saturated heterocycles. The van der Waals surface area contributed by atoms with Gasteiger partial charge in [-0.1, -0.05) is 24.3 Å². The molecule has 1 amide bonds. The lowest BCUT2D eigenvalue weighted by Crippen LogP contribution is -2.40. The highest BCUT2D eigenvalue weighted by molar-refractivity contribution is 5.95. The monoisotopic (exact) mass is 368 g/mol. The van der Waals surface area contributed by atoms with Gasteiger partial charge in [0, 0.05) is 23.7 Å². The van der Waals surface area contributed by atoms with E-state index in [2.05, 4.69) is 0 Å². The summed E-state index contributed by atoms with van der Waals surface area (Å²) in [6.07, 6.45) is -0.222. The molecule has 138 valence electrons. The van der Waals surface area contributed by atoms with Gasteiger partial charge in [-0.15, -0.1) is 0 Å².